The summed E-state index contributed by atoms with van der Waals surface area (Å²) in [6, 6.07) is 0.309. The minimum absolute atomic E-state index is 0.0787. The SMILES string of the molecule is CC(C)(C)c1csc(C2CCCCN2CCC(=O)O)n1. The molecule has 1 fully saturated rings. The number of piperidine rings is 1. The molecule has 1 aromatic rings. The van der Waals surface area contributed by atoms with Crippen LogP contribution in [0, 0.1) is 0 Å². The van der Waals surface area contributed by atoms with Gasteiger partial charge in [-0.25, -0.2) is 4.98 Å². The van der Waals surface area contributed by atoms with E-state index in [1.165, 1.54) is 6.42 Å². The number of thiazole rings is 1. The van der Waals surface area contributed by atoms with Crippen LogP contribution in [0.3, 0.4) is 0 Å². The highest BCUT2D eigenvalue weighted by Crippen LogP contribution is 2.34. The summed E-state index contributed by atoms with van der Waals surface area (Å²) < 4.78 is 0. The lowest BCUT2D eigenvalue weighted by Gasteiger charge is -2.34. The Labute approximate surface area is 124 Å². The van der Waals surface area contributed by atoms with E-state index in [-0.39, 0.29) is 11.8 Å². The highest BCUT2D eigenvalue weighted by Gasteiger charge is 2.28. The molecule has 1 unspecified atom stereocenters. The summed E-state index contributed by atoms with van der Waals surface area (Å²) in [7, 11) is 0. The van der Waals surface area contributed by atoms with E-state index in [1.54, 1.807) is 11.3 Å². The Morgan fingerprint density at radius 2 is 2.25 bits per heavy atom. The molecule has 0 saturated carbocycles. The molecule has 5 heteroatoms. The molecule has 2 heterocycles. The average molecular weight is 296 g/mol. The summed E-state index contributed by atoms with van der Waals surface area (Å²) in [5.41, 5.74) is 1.22. The lowest BCUT2D eigenvalue weighted by molar-refractivity contribution is -0.137. The van der Waals surface area contributed by atoms with Gasteiger partial charge in [-0.05, 0) is 19.4 Å². The van der Waals surface area contributed by atoms with Gasteiger partial charge in [0.15, 0.2) is 0 Å². The molecule has 112 valence electrons. The van der Waals surface area contributed by atoms with Crippen molar-refractivity contribution in [1.82, 2.24) is 9.88 Å². The van der Waals surface area contributed by atoms with Gasteiger partial charge in [-0.3, -0.25) is 9.69 Å². The monoisotopic (exact) mass is 296 g/mol. The molecule has 1 N–H and O–H groups in total. The van der Waals surface area contributed by atoms with Gasteiger partial charge >= 0.3 is 5.97 Å². The summed E-state index contributed by atoms with van der Waals surface area (Å²) in [5.74, 6) is -0.719. The summed E-state index contributed by atoms with van der Waals surface area (Å²) in [4.78, 5) is 17.9. The molecule has 1 aromatic heterocycles. The molecule has 20 heavy (non-hydrogen) atoms. The number of aliphatic carboxylic acids is 1. The van der Waals surface area contributed by atoms with E-state index in [9.17, 15) is 4.79 Å². The Balaban J connectivity index is 2.11. The van der Waals surface area contributed by atoms with Crippen LogP contribution in [-0.4, -0.2) is 34.0 Å². The quantitative estimate of drug-likeness (QED) is 0.924. The normalized spacial score (nSPS) is 21.1. The summed E-state index contributed by atoms with van der Waals surface area (Å²) in [6.07, 6.45) is 3.68. The van der Waals surface area contributed by atoms with Crippen molar-refractivity contribution in [3.63, 3.8) is 0 Å². The molecular weight excluding hydrogens is 272 g/mol. The molecule has 0 bridgehead atoms. The lowest BCUT2D eigenvalue weighted by Crippen LogP contribution is -2.35. The van der Waals surface area contributed by atoms with Crippen LogP contribution < -0.4 is 0 Å². The Bertz CT molecular complexity index is 465. The zero-order valence-electron chi connectivity index (χ0n) is 12.6. The van der Waals surface area contributed by atoms with Crippen LogP contribution in [0.25, 0.3) is 0 Å². The third kappa shape index (κ3) is 3.79. The van der Waals surface area contributed by atoms with Gasteiger partial charge in [-0.2, -0.15) is 0 Å². The smallest absolute Gasteiger partial charge is 0.304 e. The van der Waals surface area contributed by atoms with Crippen molar-refractivity contribution in [2.45, 2.75) is 57.9 Å². The maximum Gasteiger partial charge on any atom is 0.304 e. The molecule has 0 aliphatic carbocycles. The second kappa shape index (κ2) is 6.22. The van der Waals surface area contributed by atoms with E-state index in [2.05, 4.69) is 31.1 Å². The predicted octanol–water partition coefficient (Wildman–Crippen LogP) is 3.44. The predicted molar refractivity (Wildman–Crippen MR) is 81.2 cm³/mol. The number of carbonyl (C=O) groups is 1. The highest BCUT2D eigenvalue weighted by molar-refractivity contribution is 7.09. The van der Waals surface area contributed by atoms with Gasteiger partial charge in [0.2, 0.25) is 0 Å². The number of carboxylic acids is 1. The van der Waals surface area contributed by atoms with Crippen LogP contribution in [0.15, 0.2) is 5.38 Å². The van der Waals surface area contributed by atoms with E-state index < -0.39 is 5.97 Å². The molecule has 2 rings (SSSR count). The first kappa shape index (κ1) is 15.4. The zero-order chi connectivity index (χ0) is 14.8. The van der Waals surface area contributed by atoms with Crippen molar-refractivity contribution in [1.29, 1.82) is 0 Å². The van der Waals surface area contributed by atoms with Crippen LogP contribution in [0.2, 0.25) is 0 Å². The number of hydrogen-bond donors (Lipinski definition) is 1. The molecule has 1 atom stereocenters. The molecule has 0 aromatic carbocycles. The van der Waals surface area contributed by atoms with Gasteiger partial charge in [0.1, 0.15) is 5.01 Å². The number of aromatic nitrogens is 1. The highest BCUT2D eigenvalue weighted by atomic mass is 32.1. The van der Waals surface area contributed by atoms with Crippen molar-refractivity contribution in [3.8, 4) is 0 Å². The summed E-state index contributed by atoms with van der Waals surface area (Å²) in [5, 5.41) is 12.2. The summed E-state index contributed by atoms with van der Waals surface area (Å²) >= 11 is 1.72. The third-order valence-electron chi connectivity index (χ3n) is 3.80. The van der Waals surface area contributed by atoms with Crippen molar-refractivity contribution in [3.05, 3.63) is 16.1 Å². The first-order valence-electron chi connectivity index (χ1n) is 7.29. The Morgan fingerprint density at radius 1 is 1.50 bits per heavy atom. The van der Waals surface area contributed by atoms with Crippen LogP contribution in [-0.2, 0) is 10.2 Å². The summed E-state index contributed by atoms with van der Waals surface area (Å²) in [6.45, 7) is 8.14. The number of likely N-dealkylation sites (tertiary alicyclic amines) is 1. The Kier molecular flexibility index (Phi) is 4.81. The van der Waals surface area contributed by atoms with Gasteiger partial charge in [-0.15, -0.1) is 11.3 Å². The molecular formula is C15H24N2O2S. The van der Waals surface area contributed by atoms with Crippen molar-refractivity contribution < 1.29 is 9.90 Å². The minimum Gasteiger partial charge on any atom is -0.481 e. The van der Waals surface area contributed by atoms with Crippen molar-refractivity contribution in [2.24, 2.45) is 0 Å². The maximum atomic E-state index is 10.8. The topological polar surface area (TPSA) is 53.4 Å². The molecule has 1 aliphatic heterocycles. The van der Waals surface area contributed by atoms with Crippen LogP contribution in [0.5, 0.6) is 0 Å². The molecule has 0 spiro atoms. The molecule has 4 nitrogen and oxygen atoms in total. The minimum atomic E-state index is -0.719. The van der Waals surface area contributed by atoms with Gasteiger partial charge in [0.25, 0.3) is 0 Å². The van der Waals surface area contributed by atoms with Crippen LogP contribution in [0.1, 0.15) is 63.2 Å². The number of carboxylic acid groups (broad SMARTS) is 1. The van der Waals surface area contributed by atoms with Gasteiger partial charge in [0, 0.05) is 17.3 Å². The fourth-order valence-corrected chi connectivity index (χ4v) is 3.78. The fraction of sp³-hybridized carbons (Fsp3) is 0.733. The third-order valence-corrected chi connectivity index (χ3v) is 4.75. The van der Waals surface area contributed by atoms with E-state index in [1.807, 2.05) is 0 Å². The second-order valence-electron chi connectivity index (χ2n) is 6.51. The molecule has 0 amide bonds. The first-order valence-corrected chi connectivity index (χ1v) is 8.17. The van der Waals surface area contributed by atoms with Crippen molar-refractivity contribution >= 4 is 17.3 Å². The lowest BCUT2D eigenvalue weighted by atomic mass is 9.93. The second-order valence-corrected chi connectivity index (χ2v) is 7.40. The maximum absolute atomic E-state index is 10.8. The van der Waals surface area contributed by atoms with Gasteiger partial charge < -0.3 is 5.11 Å². The largest absolute Gasteiger partial charge is 0.481 e. The average Bonchev–Trinajstić information content (AvgIpc) is 2.86. The number of hydrogen-bond acceptors (Lipinski definition) is 4. The standard InChI is InChI=1S/C15H24N2O2S/c1-15(2,3)12-10-20-14(16-12)11-6-4-5-8-17(11)9-7-13(18)19/h10-11H,4-9H2,1-3H3,(H,18,19). The fourth-order valence-electron chi connectivity index (χ4n) is 2.56. The van der Waals surface area contributed by atoms with E-state index in [0.717, 1.165) is 30.1 Å². The molecule has 1 aliphatic rings. The Hall–Kier alpha value is -0.940. The van der Waals surface area contributed by atoms with E-state index in [0.29, 0.717) is 12.6 Å². The number of nitrogens with zero attached hydrogens (tertiary/aromatic N) is 2. The van der Waals surface area contributed by atoms with Crippen LogP contribution >= 0.6 is 11.3 Å². The molecule has 0 radical (unpaired) electrons. The van der Waals surface area contributed by atoms with E-state index in [4.69, 9.17) is 10.1 Å². The van der Waals surface area contributed by atoms with Gasteiger partial charge in [-0.1, -0.05) is 27.2 Å². The van der Waals surface area contributed by atoms with E-state index >= 15 is 0 Å². The Morgan fingerprint density at radius 3 is 2.85 bits per heavy atom. The zero-order valence-corrected chi connectivity index (χ0v) is 13.4. The number of rotatable bonds is 4. The van der Waals surface area contributed by atoms with Gasteiger partial charge in [0.05, 0.1) is 18.2 Å². The molecule has 1 saturated heterocycles. The van der Waals surface area contributed by atoms with Crippen molar-refractivity contribution in [2.75, 3.05) is 13.1 Å². The van der Waals surface area contributed by atoms with Crippen LogP contribution in [0.4, 0.5) is 0 Å². The first-order chi connectivity index (χ1) is 9.38.